The Kier molecular flexibility index (Phi) is 9.36. The fraction of sp³-hybridized carbons (Fsp3) is 0.917. The van der Waals surface area contributed by atoms with Crippen LogP contribution in [0.15, 0.2) is 0 Å². The second kappa shape index (κ2) is 9.55. The van der Waals surface area contributed by atoms with Crippen molar-refractivity contribution in [2.45, 2.75) is 20.0 Å². The van der Waals surface area contributed by atoms with Crippen LogP contribution in [0.1, 0.15) is 13.8 Å². The lowest BCUT2D eigenvalue weighted by Gasteiger charge is -2.34. The zero-order valence-corrected chi connectivity index (χ0v) is 12.5. The van der Waals surface area contributed by atoms with Crippen molar-refractivity contribution in [3.05, 3.63) is 0 Å². The monoisotopic (exact) mass is 279 g/mol. The predicted molar refractivity (Wildman–Crippen MR) is 75.3 cm³/mol. The van der Waals surface area contributed by atoms with Crippen molar-refractivity contribution >= 4 is 18.3 Å². The third-order valence-electron chi connectivity index (χ3n) is 2.91. The van der Waals surface area contributed by atoms with E-state index in [1.54, 1.807) is 7.05 Å². The van der Waals surface area contributed by atoms with Crippen molar-refractivity contribution in [1.29, 1.82) is 0 Å². The number of ether oxygens (including phenoxy) is 1. The summed E-state index contributed by atoms with van der Waals surface area (Å²) in [7, 11) is 1.80. The average molecular weight is 280 g/mol. The summed E-state index contributed by atoms with van der Waals surface area (Å²) in [6.45, 7) is 9.87. The van der Waals surface area contributed by atoms with Crippen LogP contribution in [0.5, 0.6) is 0 Å². The summed E-state index contributed by atoms with van der Waals surface area (Å²) in [5.41, 5.74) is 0. The van der Waals surface area contributed by atoms with Gasteiger partial charge >= 0.3 is 0 Å². The summed E-state index contributed by atoms with van der Waals surface area (Å²) in [4.78, 5) is 15.9. The van der Waals surface area contributed by atoms with Crippen LogP contribution < -0.4 is 5.32 Å². The van der Waals surface area contributed by atoms with E-state index in [0.29, 0.717) is 12.6 Å². The summed E-state index contributed by atoms with van der Waals surface area (Å²) >= 11 is 0. The number of amides is 1. The van der Waals surface area contributed by atoms with Crippen LogP contribution >= 0.6 is 12.4 Å². The van der Waals surface area contributed by atoms with E-state index >= 15 is 0 Å². The van der Waals surface area contributed by atoms with Crippen LogP contribution in [0.2, 0.25) is 0 Å². The highest BCUT2D eigenvalue weighted by Gasteiger charge is 2.19. The first-order chi connectivity index (χ1) is 8.13. The van der Waals surface area contributed by atoms with E-state index in [0.717, 1.165) is 39.3 Å². The van der Waals surface area contributed by atoms with Gasteiger partial charge < -0.3 is 15.0 Å². The van der Waals surface area contributed by atoms with Crippen LogP contribution in [-0.2, 0) is 9.53 Å². The molecule has 1 N–H and O–H groups in total. The van der Waals surface area contributed by atoms with E-state index in [1.165, 1.54) is 0 Å². The topological polar surface area (TPSA) is 44.8 Å². The quantitative estimate of drug-likeness (QED) is 0.754. The largest absolute Gasteiger partial charge is 0.377 e. The molecule has 1 amide bonds. The van der Waals surface area contributed by atoms with Gasteiger partial charge in [-0.05, 0) is 20.9 Å². The normalized spacial score (nSPS) is 16.8. The van der Waals surface area contributed by atoms with E-state index in [9.17, 15) is 4.79 Å². The van der Waals surface area contributed by atoms with Crippen LogP contribution in [0.4, 0.5) is 0 Å². The molecule has 1 heterocycles. The molecule has 18 heavy (non-hydrogen) atoms. The Morgan fingerprint density at radius 3 is 2.39 bits per heavy atom. The number of carbonyl (C=O) groups excluding carboxylic acids is 1. The summed E-state index contributed by atoms with van der Waals surface area (Å²) < 4.78 is 5.53. The van der Waals surface area contributed by atoms with Gasteiger partial charge in [0.05, 0.1) is 19.3 Å². The van der Waals surface area contributed by atoms with Crippen molar-refractivity contribution in [3.63, 3.8) is 0 Å². The van der Waals surface area contributed by atoms with Gasteiger partial charge in [-0.3, -0.25) is 9.69 Å². The highest BCUT2D eigenvalue weighted by Crippen LogP contribution is 2.02. The Morgan fingerprint density at radius 2 is 1.89 bits per heavy atom. The van der Waals surface area contributed by atoms with Crippen LogP contribution in [0.3, 0.4) is 0 Å². The maximum atomic E-state index is 11.6. The summed E-state index contributed by atoms with van der Waals surface area (Å²) in [6, 6.07) is 0. The molecule has 1 aliphatic heterocycles. The first-order valence-corrected chi connectivity index (χ1v) is 6.40. The van der Waals surface area contributed by atoms with E-state index in [4.69, 9.17) is 4.74 Å². The number of rotatable bonds is 6. The Balaban J connectivity index is 0.00000289. The zero-order valence-electron chi connectivity index (χ0n) is 11.6. The third kappa shape index (κ3) is 6.54. The lowest BCUT2D eigenvalue weighted by Crippen LogP contribution is -2.51. The van der Waals surface area contributed by atoms with Crippen LogP contribution in [-0.4, -0.2) is 74.7 Å². The predicted octanol–water partition coefficient (Wildman–Crippen LogP) is 0.197. The SMILES string of the molecule is CNCC(=O)N1CCN(CCOC(C)C)CC1.Cl. The zero-order chi connectivity index (χ0) is 12.7. The lowest BCUT2D eigenvalue weighted by molar-refractivity contribution is -0.131. The standard InChI is InChI=1S/C12H25N3O2.ClH/c1-11(2)17-9-8-14-4-6-15(7-5-14)12(16)10-13-3;/h11,13H,4-10H2,1-3H3;1H. The molecule has 0 aliphatic carbocycles. The van der Waals surface area contributed by atoms with Crippen molar-refractivity contribution < 1.29 is 9.53 Å². The maximum absolute atomic E-state index is 11.6. The number of halogens is 1. The molecule has 0 aromatic heterocycles. The van der Waals surface area contributed by atoms with Gasteiger partial charge in [-0.25, -0.2) is 0 Å². The van der Waals surface area contributed by atoms with Crippen molar-refractivity contribution in [3.8, 4) is 0 Å². The average Bonchev–Trinajstić information content (AvgIpc) is 2.30. The second-order valence-electron chi connectivity index (χ2n) is 4.67. The molecule has 0 bridgehead atoms. The maximum Gasteiger partial charge on any atom is 0.236 e. The Bertz CT molecular complexity index is 231. The first-order valence-electron chi connectivity index (χ1n) is 6.40. The summed E-state index contributed by atoms with van der Waals surface area (Å²) in [6.07, 6.45) is 0.300. The molecule has 1 aliphatic rings. The Hall–Kier alpha value is -0.360. The van der Waals surface area contributed by atoms with Gasteiger partial charge in [0.15, 0.2) is 0 Å². The molecule has 0 radical (unpaired) electrons. The van der Waals surface area contributed by atoms with Crippen LogP contribution in [0, 0.1) is 0 Å². The number of likely N-dealkylation sites (N-methyl/N-ethyl adjacent to an activating group) is 1. The van der Waals surface area contributed by atoms with Gasteiger partial charge in [-0.2, -0.15) is 0 Å². The van der Waals surface area contributed by atoms with Crippen molar-refractivity contribution in [2.75, 3.05) is 52.9 Å². The molecule has 1 rings (SSSR count). The number of nitrogens with one attached hydrogen (secondary N) is 1. The Morgan fingerprint density at radius 1 is 1.28 bits per heavy atom. The minimum atomic E-state index is 0. The van der Waals surface area contributed by atoms with Gasteiger partial charge in [0.1, 0.15) is 0 Å². The third-order valence-corrected chi connectivity index (χ3v) is 2.91. The molecule has 1 saturated heterocycles. The molecule has 0 unspecified atom stereocenters. The molecule has 0 aromatic carbocycles. The van der Waals surface area contributed by atoms with E-state index in [-0.39, 0.29) is 18.3 Å². The van der Waals surface area contributed by atoms with Gasteiger partial charge in [0.25, 0.3) is 0 Å². The molecule has 108 valence electrons. The molecular formula is C12H26ClN3O2. The smallest absolute Gasteiger partial charge is 0.236 e. The Labute approximate surface area is 116 Å². The van der Waals surface area contributed by atoms with Gasteiger partial charge in [-0.1, -0.05) is 0 Å². The molecule has 5 nitrogen and oxygen atoms in total. The molecule has 0 aromatic rings. The fourth-order valence-electron chi connectivity index (χ4n) is 1.90. The minimum Gasteiger partial charge on any atom is -0.377 e. The lowest BCUT2D eigenvalue weighted by atomic mass is 10.3. The molecule has 6 heteroatoms. The van der Waals surface area contributed by atoms with E-state index < -0.39 is 0 Å². The van der Waals surface area contributed by atoms with Crippen molar-refractivity contribution in [2.24, 2.45) is 0 Å². The molecule has 1 fully saturated rings. The first kappa shape index (κ1) is 17.6. The fourth-order valence-corrected chi connectivity index (χ4v) is 1.90. The van der Waals surface area contributed by atoms with Crippen LogP contribution in [0.25, 0.3) is 0 Å². The second-order valence-corrected chi connectivity index (χ2v) is 4.67. The van der Waals surface area contributed by atoms with Gasteiger partial charge in [0, 0.05) is 32.7 Å². The number of piperazine rings is 1. The summed E-state index contributed by atoms with van der Waals surface area (Å²) in [5.74, 6) is 0.200. The van der Waals surface area contributed by atoms with Crippen molar-refractivity contribution in [1.82, 2.24) is 15.1 Å². The molecule has 0 spiro atoms. The number of nitrogens with zero attached hydrogens (tertiary/aromatic N) is 2. The van der Waals surface area contributed by atoms with Gasteiger partial charge in [0.2, 0.25) is 5.91 Å². The highest BCUT2D eigenvalue weighted by atomic mass is 35.5. The van der Waals surface area contributed by atoms with Gasteiger partial charge in [-0.15, -0.1) is 12.4 Å². The molecule has 0 atom stereocenters. The number of hydrogen-bond acceptors (Lipinski definition) is 4. The van der Waals surface area contributed by atoms with E-state index in [1.807, 2.05) is 18.7 Å². The molecular weight excluding hydrogens is 254 g/mol. The highest BCUT2D eigenvalue weighted by molar-refractivity contribution is 5.85. The number of hydrogen-bond donors (Lipinski definition) is 1. The molecule has 0 saturated carbocycles. The number of carbonyl (C=O) groups is 1. The summed E-state index contributed by atoms with van der Waals surface area (Å²) in [5, 5.41) is 2.90. The van der Waals surface area contributed by atoms with E-state index in [2.05, 4.69) is 10.2 Å². The minimum absolute atomic E-state index is 0.